The lowest BCUT2D eigenvalue weighted by atomic mass is 10.1. The van der Waals surface area contributed by atoms with Gasteiger partial charge in [-0.25, -0.2) is 0 Å². The van der Waals surface area contributed by atoms with E-state index in [9.17, 15) is 4.79 Å². The summed E-state index contributed by atoms with van der Waals surface area (Å²) in [7, 11) is 1.78. The second kappa shape index (κ2) is 4.94. The van der Waals surface area contributed by atoms with Gasteiger partial charge in [-0.3, -0.25) is 4.79 Å². The average molecular weight is 206 g/mol. The summed E-state index contributed by atoms with van der Waals surface area (Å²) in [4.78, 5) is 13.3. The number of carbonyl (C=O) groups is 1. The van der Waals surface area contributed by atoms with Gasteiger partial charge in [0.2, 0.25) is 5.91 Å². The number of nitrogens with two attached hydrogens (primary N) is 1. The zero-order chi connectivity index (χ0) is 11.4. The Kier molecular flexibility index (Phi) is 3.86. The Hall–Kier alpha value is -1.35. The second-order valence-corrected chi connectivity index (χ2v) is 3.82. The minimum Gasteiger partial charge on any atom is -0.338 e. The molecule has 1 amide bonds. The molecule has 15 heavy (non-hydrogen) atoms. The normalized spacial score (nSPS) is 14.4. The zero-order valence-electron chi connectivity index (χ0n) is 9.47. The minimum atomic E-state index is -0.443. The maximum Gasteiger partial charge on any atom is 0.239 e. The summed E-state index contributed by atoms with van der Waals surface area (Å²) in [5.41, 5.74) is 6.68. The SMILES string of the molecule is CC(c1ccccc1)N(C)C(=O)[C@@H](C)N. The van der Waals surface area contributed by atoms with Crippen molar-refractivity contribution in [3.05, 3.63) is 35.9 Å². The van der Waals surface area contributed by atoms with E-state index in [1.165, 1.54) is 0 Å². The van der Waals surface area contributed by atoms with E-state index >= 15 is 0 Å². The summed E-state index contributed by atoms with van der Waals surface area (Å²) >= 11 is 0. The van der Waals surface area contributed by atoms with Gasteiger partial charge in [-0.15, -0.1) is 0 Å². The van der Waals surface area contributed by atoms with Crippen LogP contribution in [0.5, 0.6) is 0 Å². The van der Waals surface area contributed by atoms with Gasteiger partial charge in [0.05, 0.1) is 12.1 Å². The predicted octanol–water partition coefficient (Wildman–Crippen LogP) is 1.55. The molecule has 1 aromatic rings. The van der Waals surface area contributed by atoms with Gasteiger partial charge in [0.15, 0.2) is 0 Å². The Labute approximate surface area is 90.9 Å². The molecule has 3 heteroatoms. The van der Waals surface area contributed by atoms with Crippen molar-refractivity contribution in [3.63, 3.8) is 0 Å². The van der Waals surface area contributed by atoms with Gasteiger partial charge in [0.1, 0.15) is 0 Å². The number of hydrogen-bond acceptors (Lipinski definition) is 2. The first-order valence-corrected chi connectivity index (χ1v) is 5.11. The molecule has 0 aliphatic carbocycles. The van der Waals surface area contributed by atoms with Crippen LogP contribution in [-0.2, 0) is 4.79 Å². The average Bonchev–Trinajstić information content (AvgIpc) is 2.27. The molecule has 0 fully saturated rings. The fourth-order valence-electron chi connectivity index (χ4n) is 1.47. The third-order valence-electron chi connectivity index (χ3n) is 2.60. The molecule has 0 saturated carbocycles. The number of amides is 1. The van der Waals surface area contributed by atoms with Crippen molar-refractivity contribution in [2.24, 2.45) is 5.73 Å². The van der Waals surface area contributed by atoms with Crippen LogP contribution in [0.25, 0.3) is 0 Å². The molecule has 2 atom stereocenters. The van der Waals surface area contributed by atoms with Crippen LogP contribution in [0, 0.1) is 0 Å². The molecule has 0 radical (unpaired) electrons. The lowest BCUT2D eigenvalue weighted by Gasteiger charge is -2.26. The molecule has 3 nitrogen and oxygen atoms in total. The Morgan fingerprint density at radius 2 is 1.80 bits per heavy atom. The van der Waals surface area contributed by atoms with Gasteiger partial charge >= 0.3 is 0 Å². The van der Waals surface area contributed by atoms with Crippen LogP contribution in [0.1, 0.15) is 25.5 Å². The smallest absolute Gasteiger partial charge is 0.239 e. The molecule has 0 heterocycles. The Morgan fingerprint density at radius 1 is 1.27 bits per heavy atom. The molecule has 0 saturated heterocycles. The van der Waals surface area contributed by atoms with Crippen molar-refractivity contribution in [1.82, 2.24) is 4.90 Å². The van der Waals surface area contributed by atoms with E-state index in [-0.39, 0.29) is 11.9 Å². The van der Waals surface area contributed by atoms with E-state index in [1.807, 2.05) is 37.3 Å². The highest BCUT2D eigenvalue weighted by atomic mass is 16.2. The van der Waals surface area contributed by atoms with Gasteiger partial charge < -0.3 is 10.6 Å². The first-order chi connectivity index (χ1) is 7.04. The van der Waals surface area contributed by atoms with Crippen molar-refractivity contribution >= 4 is 5.91 Å². The number of rotatable bonds is 3. The molecule has 0 spiro atoms. The van der Waals surface area contributed by atoms with Crippen LogP contribution in [-0.4, -0.2) is 23.9 Å². The van der Waals surface area contributed by atoms with Crippen molar-refractivity contribution < 1.29 is 4.79 Å². The van der Waals surface area contributed by atoms with Crippen LogP contribution >= 0.6 is 0 Å². The van der Waals surface area contributed by atoms with Gasteiger partial charge in [-0.2, -0.15) is 0 Å². The van der Waals surface area contributed by atoms with E-state index in [2.05, 4.69) is 0 Å². The molecule has 0 aliphatic heterocycles. The van der Waals surface area contributed by atoms with Crippen LogP contribution in [0.3, 0.4) is 0 Å². The quantitative estimate of drug-likeness (QED) is 0.815. The molecular formula is C12H18N2O. The largest absolute Gasteiger partial charge is 0.338 e. The summed E-state index contributed by atoms with van der Waals surface area (Å²) in [6, 6.07) is 9.53. The van der Waals surface area contributed by atoms with Crippen molar-refractivity contribution in [2.75, 3.05) is 7.05 Å². The fraction of sp³-hybridized carbons (Fsp3) is 0.417. The molecule has 0 aromatic heterocycles. The third kappa shape index (κ3) is 2.80. The number of likely N-dealkylation sites (N-methyl/N-ethyl adjacent to an activating group) is 1. The summed E-state index contributed by atoms with van der Waals surface area (Å²) in [5, 5.41) is 0. The molecular weight excluding hydrogens is 188 g/mol. The highest BCUT2D eigenvalue weighted by Crippen LogP contribution is 2.18. The molecule has 0 aliphatic rings. The van der Waals surface area contributed by atoms with Gasteiger partial charge in [0.25, 0.3) is 0 Å². The number of nitrogens with zero attached hydrogens (tertiary/aromatic N) is 1. The lowest BCUT2D eigenvalue weighted by Crippen LogP contribution is -2.40. The number of hydrogen-bond donors (Lipinski definition) is 1. The fourth-order valence-corrected chi connectivity index (χ4v) is 1.47. The van der Waals surface area contributed by atoms with Crippen molar-refractivity contribution in [2.45, 2.75) is 25.9 Å². The minimum absolute atomic E-state index is 0.0358. The number of benzene rings is 1. The van der Waals surface area contributed by atoms with Gasteiger partial charge in [0, 0.05) is 7.05 Å². The Bertz CT molecular complexity index is 322. The van der Waals surface area contributed by atoms with Crippen LogP contribution < -0.4 is 5.73 Å². The van der Waals surface area contributed by atoms with Crippen LogP contribution in [0.4, 0.5) is 0 Å². The highest BCUT2D eigenvalue weighted by molar-refractivity contribution is 5.81. The van der Waals surface area contributed by atoms with E-state index < -0.39 is 6.04 Å². The summed E-state index contributed by atoms with van der Waals surface area (Å²) in [5.74, 6) is -0.0358. The molecule has 1 rings (SSSR count). The molecule has 2 N–H and O–H groups in total. The highest BCUT2D eigenvalue weighted by Gasteiger charge is 2.19. The topological polar surface area (TPSA) is 46.3 Å². The van der Waals surface area contributed by atoms with Gasteiger partial charge in [-0.05, 0) is 19.4 Å². The Balaban J connectivity index is 2.77. The summed E-state index contributed by atoms with van der Waals surface area (Å²) < 4.78 is 0. The van der Waals surface area contributed by atoms with Crippen molar-refractivity contribution in [3.8, 4) is 0 Å². The molecule has 1 aromatic carbocycles. The molecule has 1 unspecified atom stereocenters. The standard InChI is InChI=1S/C12H18N2O/c1-9(13)12(15)14(3)10(2)11-7-5-4-6-8-11/h4-10H,13H2,1-3H3/t9-,10?/m1/s1. The zero-order valence-corrected chi connectivity index (χ0v) is 9.47. The maximum absolute atomic E-state index is 11.7. The monoisotopic (exact) mass is 206 g/mol. The van der Waals surface area contributed by atoms with Crippen molar-refractivity contribution in [1.29, 1.82) is 0 Å². The van der Waals surface area contributed by atoms with E-state index in [4.69, 9.17) is 5.73 Å². The van der Waals surface area contributed by atoms with Gasteiger partial charge in [-0.1, -0.05) is 30.3 Å². The van der Waals surface area contributed by atoms with Crippen LogP contribution in [0.2, 0.25) is 0 Å². The summed E-state index contributed by atoms with van der Waals surface area (Å²) in [6.45, 7) is 3.70. The molecule has 0 bridgehead atoms. The van der Waals surface area contributed by atoms with Crippen LogP contribution in [0.15, 0.2) is 30.3 Å². The van der Waals surface area contributed by atoms with E-state index in [0.29, 0.717) is 0 Å². The molecule has 82 valence electrons. The van der Waals surface area contributed by atoms with E-state index in [0.717, 1.165) is 5.56 Å². The first kappa shape index (κ1) is 11.7. The summed E-state index contributed by atoms with van der Waals surface area (Å²) in [6.07, 6.45) is 0. The van der Waals surface area contributed by atoms with E-state index in [1.54, 1.807) is 18.9 Å². The lowest BCUT2D eigenvalue weighted by molar-refractivity contribution is -0.132. The maximum atomic E-state index is 11.7. The Morgan fingerprint density at radius 3 is 2.27 bits per heavy atom. The first-order valence-electron chi connectivity index (χ1n) is 5.11. The third-order valence-corrected chi connectivity index (χ3v) is 2.60. The second-order valence-electron chi connectivity index (χ2n) is 3.82. The predicted molar refractivity (Wildman–Crippen MR) is 61.3 cm³/mol. The number of carbonyl (C=O) groups excluding carboxylic acids is 1.